The molecule has 272 valence electrons. The molecule has 2 aliphatic heterocycles. The zero-order valence-corrected chi connectivity index (χ0v) is 29.4. The lowest BCUT2D eigenvalue weighted by atomic mass is 10.0. The number of carbonyl (C=O) groups excluding carboxylic acids is 4. The maximum Gasteiger partial charge on any atom is 0.264 e. The van der Waals surface area contributed by atoms with Crippen LogP contribution in [0.3, 0.4) is 0 Å². The van der Waals surface area contributed by atoms with Gasteiger partial charge in [0.15, 0.2) is 0 Å². The van der Waals surface area contributed by atoms with Gasteiger partial charge in [-0.15, -0.1) is 0 Å². The minimum absolute atomic E-state index is 0.0700. The van der Waals surface area contributed by atoms with Crippen LogP contribution >= 0.6 is 0 Å². The first-order chi connectivity index (χ1) is 25.3. The molecule has 0 aliphatic carbocycles. The van der Waals surface area contributed by atoms with Crippen LogP contribution in [-0.4, -0.2) is 106 Å². The topological polar surface area (TPSA) is 149 Å². The number of ether oxygens (including phenoxy) is 4. The van der Waals surface area contributed by atoms with Gasteiger partial charge in [0.05, 0.1) is 62.0 Å². The first-order valence-electron chi connectivity index (χ1n) is 17.4. The van der Waals surface area contributed by atoms with Gasteiger partial charge in [-0.2, -0.15) is 0 Å². The number of hydrogen-bond acceptors (Lipinski definition) is 11. The summed E-state index contributed by atoms with van der Waals surface area (Å²) < 4.78 is 22.8. The molecule has 1 fully saturated rings. The summed E-state index contributed by atoms with van der Waals surface area (Å²) in [6.45, 7) is 3.53. The molecule has 1 atom stereocenters. The van der Waals surface area contributed by atoms with E-state index in [2.05, 4.69) is 45.9 Å². The molecule has 13 nitrogen and oxygen atoms in total. The Morgan fingerprint density at radius 2 is 1.58 bits per heavy atom. The van der Waals surface area contributed by atoms with Crippen molar-refractivity contribution in [3.8, 4) is 17.0 Å². The minimum atomic E-state index is -1.01. The molecule has 52 heavy (non-hydrogen) atoms. The maximum absolute atomic E-state index is 13.2. The fourth-order valence-electron chi connectivity index (χ4n) is 6.10. The molecule has 6 rings (SSSR count). The Hall–Kier alpha value is -5.37. The summed E-state index contributed by atoms with van der Waals surface area (Å²) in [6, 6.07) is 22.3. The Balaban J connectivity index is 0.807. The molecule has 4 aromatic rings. The van der Waals surface area contributed by atoms with Crippen molar-refractivity contribution < 1.29 is 38.1 Å². The molecule has 0 radical (unpaired) electrons. The van der Waals surface area contributed by atoms with Crippen LogP contribution in [-0.2, 0) is 23.8 Å². The largest absolute Gasteiger partial charge is 0.493 e. The zero-order chi connectivity index (χ0) is 36.5. The number of rotatable bonds is 18. The molecule has 0 saturated carbocycles. The predicted octanol–water partition coefficient (Wildman–Crippen LogP) is 4.30. The van der Waals surface area contributed by atoms with Crippen LogP contribution in [0.5, 0.6) is 5.75 Å². The van der Waals surface area contributed by atoms with Crippen molar-refractivity contribution >= 4 is 45.9 Å². The highest BCUT2D eigenvalue weighted by atomic mass is 16.5. The number of fused-ring (bicyclic) bond motifs is 2. The number of benzene rings is 3. The van der Waals surface area contributed by atoms with E-state index in [-0.39, 0.29) is 24.0 Å². The second-order valence-corrected chi connectivity index (χ2v) is 12.6. The number of amides is 4. The van der Waals surface area contributed by atoms with E-state index in [1.54, 1.807) is 18.2 Å². The molecule has 0 spiro atoms. The van der Waals surface area contributed by atoms with Crippen LogP contribution in [0.1, 0.15) is 40.0 Å². The fourth-order valence-corrected chi connectivity index (χ4v) is 6.10. The predicted molar refractivity (Wildman–Crippen MR) is 196 cm³/mol. The number of pyridine rings is 1. The lowest BCUT2D eigenvalue weighted by Crippen LogP contribution is -2.54. The Labute approximate surface area is 302 Å². The highest BCUT2D eigenvalue weighted by Crippen LogP contribution is 2.32. The van der Waals surface area contributed by atoms with E-state index in [0.29, 0.717) is 58.5 Å². The lowest BCUT2D eigenvalue weighted by Gasteiger charge is -2.27. The van der Waals surface area contributed by atoms with E-state index in [1.165, 1.54) is 0 Å². The Bertz CT molecular complexity index is 1920. The number of carbonyl (C=O) groups is 4. The summed E-state index contributed by atoms with van der Waals surface area (Å²) in [6.07, 6.45) is 0.922. The molecule has 1 saturated heterocycles. The van der Waals surface area contributed by atoms with Crippen molar-refractivity contribution in [2.24, 2.45) is 0 Å². The third-order valence-corrected chi connectivity index (χ3v) is 8.82. The van der Waals surface area contributed by atoms with Crippen LogP contribution in [0.2, 0.25) is 0 Å². The summed E-state index contributed by atoms with van der Waals surface area (Å²) >= 11 is 0. The Morgan fingerprint density at radius 1 is 0.827 bits per heavy atom. The molecule has 4 amide bonds. The Kier molecular flexibility index (Phi) is 12.1. The van der Waals surface area contributed by atoms with E-state index in [9.17, 15) is 19.2 Å². The number of hydrogen-bond donors (Lipinski definition) is 2. The second-order valence-electron chi connectivity index (χ2n) is 12.6. The van der Waals surface area contributed by atoms with Crippen LogP contribution < -0.4 is 20.3 Å². The van der Waals surface area contributed by atoms with Crippen molar-refractivity contribution in [3.63, 3.8) is 0 Å². The number of imide groups is 2. The highest BCUT2D eigenvalue weighted by molar-refractivity contribution is 6.25. The van der Waals surface area contributed by atoms with Gasteiger partial charge in [0.25, 0.3) is 11.8 Å². The SMILES string of the molecule is CN(C)c1ccc(-c2ccc3cc(OCCCOCCOCCOCCNc4cccc5c4C(=O)N(C4CCC(=O)NC4=O)C5=O)ccc3n2)cc1. The number of aromatic nitrogens is 1. The third kappa shape index (κ3) is 8.73. The minimum Gasteiger partial charge on any atom is -0.493 e. The summed E-state index contributed by atoms with van der Waals surface area (Å²) in [5, 5.41) is 6.37. The van der Waals surface area contributed by atoms with Crippen molar-refractivity contribution in [3.05, 3.63) is 83.9 Å². The fraction of sp³-hybridized carbons (Fsp3) is 0.359. The molecule has 13 heteroatoms. The van der Waals surface area contributed by atoms with Gasteiger partial charge in [0.1, 0.15) is 11.8 Å². The normalized spacial score (nSPS) is 15.6. The first kappa shape index (κ1) is 36.4. The van der Waals surface area contributed by atoms with Crippen molar-refractivity contribution in [2.75, 3.05) is 77.1 Å². The molecule has 2 N–H and O–H groups in total. The third-order valence-electron chi connectivity index (χ3n) is 8.82. The Morgan fingerprint density at radius 3 is 2.33 bits per heavy atom. The van der Waals surface area contributed by atoms with E-state index < -0.39 is 29.7 Å². The highest BCUT2D eigenvalue weighted by Gasteiger charge is 2.45. The standard InChI is InChI=1S/C39H43N5O8/c1-43(2)28-10-7-26(8-11-28)31-13-9-27-25-29(12-14-32(27)41-31)52-19-4-18-49-21-23-51-24-22-50-20-17-40-33-6-3-5-30-36(33)39(48)44(38(30)47)34-15-16-35(45)42-37(34)46/h3,5-14,25,34,40H,4,15-24H2,1-2H3,(H,42,45,46). The van der Waals surface area contributed by atoms with Gasteiger partial charge in [-0.1, -0.05) is 24.3 Å². The number of piperidine rings is 1. The summed E-state index contributed by atoms with van der Waals surface area (Å²) in [7, 11) is 4.05. The molecular formula is C39H43N5O8. The van der Waals surface area contributed by atoms with Gasteiger partial charge < -0.3 is 29.2 Å². The van der Waals surface area contributed by atoms with Gasteiger partial charge in [0.2, 0.25) is 11.8 Å². The van der Waals surface area contributed by atoms with Crippen LogP contribution in [0, 0.1) is 0 Å². The van der Waals surface area contributed by atoms with E-state index >= 15 is 0 Å². The van der Waals surface area contributed by atoms with E-state index in [0.717, 1.165) is 44.9 Å². The van der Waals surface area contributed by atoms with Gasteiger partial charge >= 0.3 is 0 Å². The van der Waals surface area contributed by atoms with Crippen LogP contribution in [0.4, 0.5) is 11.4 Å². The van der Waals surface area contributed by atoms with E-state index in [1.807, 2.05) is 38.4 Å². The number of nitrogens with one attached hydrogen (secondary N) is 2. The maximum atomic E-state index is 13.2. The van der Waals surface area contributed by atoms with Gasteiger partial charge in [-0.3, -0.25) is 29.4 Å². The molecule has 0 bridgehead atoms. The zero-order valence-electron chi connectivity index (χ0n) is 29.4. The van der Waals surface area contributed by atoms with Gasteiger partial charge in [0, 0.05) is 62.4 Å². The monoisotopic (exact) mass is 709 g/mol. The molecule has 2 aliphatic rings. The van der Waals surface area contributed by atoms with E-state index in [4.69, 9.17) is 23.9 Å². The molecule has 3 heterocycles. The van der Waals surface area contributed by atoms with Gasteiger partial charge in [-0.05, 0) is 55.0 Å². The lowest BCUT2D eigenvalue weighted by molar-refractivity contribution is -0.136. The van der Waals surface area contributed by atoms with Crippen LogP contribution in [0.15, 0.2) is 72.8 Å². The van der Waals surface area contributed by atoms with Crippen molar-refractivity contribution in [2.45, 2.75) is 25.3 Å². The second kappa shape index (κ2) is 17.2. The van der Waals surface area contributed by atoms with Crippen LogP contribution in [0.25, 0.3) is 22.2 Å². The van der Waals surface area contributed by atoms with Crippen molar-refractivity contribution in [1.82, 2.24) is 15.2 Å². The first-order valence-corrected chi connectivity index (χ1v) is 17.4. The molecule has 3 aromatic carbocycles. The quantitative estimate of drug-likeness (QED) is 0.113. The number of nitrogens with zero attached hydrogens (tertiary/aromatic N) is 3. The number of anilines is 2. The summed E-state index contributed by atoms with van der Waals surface area (Å²) in [5.41, 5.74) is 5.00. The average molecular weight is 710 g/mol. The van der Waals surface area contributed by atoms with Gasteiger partial charge in [-0.25, -0.2) is 4.98 Å². The average Bonchev–Trinajstić information content (AvgIpc) is 3.40. The smallest absolute Gasteiger partial charge is 0.264 e. The summed E-state index contributed by atoms with van der Waals surface area (Å²) in [5.74, 6) is -1.35. The van der Waals surface area contributed by atoms with Crippen molar-refractivity contribution in [1.29, 1.82) is 0 Å². The molecular weight excluding hydrogens is 666 g/mol. The summed E-state index contributed by atoms with van der Waals surface area (Å²) in [4.78, 5) is 57.9. The molecule has 1 unspecified atom stereocenters. The molecule has 1 aromatic heterocycles.